The quantitative estimate of drug-likeness (QED) is 0.813. The fraction of sp³-hybridized carbons (Fsp3) is 0.400. The van der Waals surface area contributed by atoms with Crippen LogP contribution in [0.2, 0.25) is 0 Å². The van der Waals surface area contributed by atoms with Crippen LogP contribution in [0.3, 0.4) is 0 Å². The van der Waals surface area contributed by atoms with Gasteiger partial charge in [0, 0.05) is 13.1 Å². The molecular weight excluding hydrogens is 329 g/mol. The average molecular weight is 340 g/mol. The molecule has 0 aliphatic carbocycles. The number of β-amino-alcohol motifs (C(OH)–C–C–N with tert-alkyl or cyclic N) is 2. The van der Waals surface area contributed by atoms with Gasteiger partial charge in [-0.05, 0) is 34.1 Å². The molecule has 1 fully saturated rings. The van der Waals surface area contributed by atoms with Crippen molar-refractivity contribution in [2.24, 2.45) is 0 Å². The Morgan fingerprint density at radius 3 is 2.33 bits per heavy atom. The maximum atomic E-state index is 13.3. The van der Waals surface area contributed by atoms with Crippen molar-refractivity contribution < 1.29 is 23.0 Å². The smallest absolute Gasteiger partial charge is 0.243 e. The summed E-state index contributed by atoms with van der Waals surface area (Å²) in [4.78, 5) is -0.204. The van der Waals surface area contributed by atoms with Gasteiger partial charge in [0.15, 0.2) is 0 Å². The fourth-order valence-corrected chi connectivity index (χ4v) is 3.45. The van der Waals surface area contributed by atoms with Crippen molar-refractivity contribution in [2.75, 3.05) is 13.1 Å². The predicted octanol–water partition coefficient (Wildman–Crippen LogP) is 0.314. The molecule has 2 rings (SSSR count). The lowest BCUT2D eigenvalue weighted by Gasteiger charge is -2.15. The van der Waals surface area contributed by atoms with E-state index in [0.29, 0.717) is 0 Å². The highest BCUT2D eigenvalue weighted by molar-refractivity contribution is 9.10. The van der Waals surface area contributed by atoms with E-state index in [1.807, 2.05) is 0 Å². The van der Waals surface area contributed by atoms with Gasteiger partial charge >= 0.3 is 0 Å². The second-order valence-corrected chi connectivity index (χ2v) is 6.82. The van der Waals surface area contributed by atoms with Gasteiger partial charge in [0.25, 0.3) is 0 Å². The molecule has 0 amide bonds. The van der Waals surface area contributed by atoms with Crippen LogP contribution in [0.1, 0.15) is 0 Å². The molecule has 5 nitrogen and oxygen atoms in total. The van der Waals surface area contributed by atoms with Crippen molar-refractivity contribution in [1.82, 2.24) is 4.31 Å². The van der Waals surface area contributed by atoms with Crippen LogP contribution in [0.15, 0.2) is 27.6 Å². The van der Waals surface area contributed by atoms with Gasteiger partial charge in [-0.25, -0.2) is 12.8 Å². The van der Waals surface area contributed by atoms with Crippen molar-refractivity contribution in [2.45, 2.75) is 17.1 Å². The van der Waals surface area contributed by atoms with Gasteiger partial charge in [0.2, 0.25) is 10.0 Å². The summed E-state index contributed by atoms with van der Waals surface area (Å²) in [6, 6.07) is 3.46. The second-order valence-electron chi connectivity index (χ2n) is 4.03. The minimum absolute atomic E-state index is 0.169. The number of hydrogen-bond donors (Lipinski definition) is 2. The van der Waals surface area contributed by atoms with Crippen LogP contribution in [0.4, 0.5) is 4.39 Å². The Morgan fingerprint density at radius 2 is 1.83 bits per heavy atom. The Kier molecular flexibility index (Phi) is 3.75. The number of aliphatic hydroxyl groups excluding tert-OH is 2. The molecule has 1 aliphatic heterocycles. The summed E-state index contributed by atoms with van der Waals surface area (Å²) in [6.07, 6.45) is -2.22. The molecular formula is C10H11BrFNO4S. The second kappa shape index (κ2) is 4.86. The zero-order valence-corrected chi connectivity index (χ0v) is 11.5. The Bertz CT molecular complexity index is 555. The zero-order chi connectivity index (χ0) is 13.5. The molecule has 1 saturated heterocycles. The molecule has 2 atom stereocenters. The van der Waals surface area contributed by atoms with E-state index in [-0.39, 0.29) is 22.5 Å². The van der Waals surface area contributed by atoms with E-state index in [0.717, 1.165) is 10.4 Å². The van der Waals surface area contributed by atoms with Crippen molar-refractivity contribution in [3.05, 3.63) is 28.5 Å². The normalized spacial score (nSPS) is 25.6. The molecule has 1 aromatic carbocycles. The van der Waals surface area contributed by atoms with E-state index < -0.39 is 28.0 Å². The molecule has 1 aromatic rings. The minimum atomic E-state index is -3.89. The maximum absolute atomic E-state index is 13.3. The lowest BCUT2D eigenvalue weighted by atomic mass is 10.3. The SMILES string of the molecule is O=S(=O)(c1ccc(Br)c(F)c1)N1CC(O)C(O)C1. The molecule has 0 aromatic heterocycles. The first-order valence-electron chi connectivity index (χ1n) is 5.13. The van der Waals surface area contributed by atoms with Crippen molar-refractivity contribution in [3.63, 3.8) is 0 Å². The van der Waals surface area contributed by atoms with Crippen molar-refractivity contribution in [3.8, 4) is 0 Å². The standard InChI is InChI=1S/C10H11BrFNO4S/c11-7-2-1-6(3-8(7)12)18(16,17)13-4-9(14)10(15)5-13/h1-3,9-10,14-15H,4-5H2. The third-order valence-electron chi connectivity index (χ3n) is 2.75. The third-order valence-corrected chi connectivity index (χ3v) is 5.23. The Hall–Kier alpha value is -0.540. The van der Waals surface area contributed by atoms with Crippen LogP contribution in [0, 0.1) is 5.82 Å². The Labute approximate surface area is 112 Å². The lowest BCUT2D eigenvalue weighted by Crippen LogP contribution is -2.30. The topological polar surface area (TPSA) is 77.8 Å². The highest BCUT2D eigenvalue weighted by Gasteiger charge is 2.37. The lowest BCUT2D eigenvalue weighted by molar-refractivity contribution is 0.0572. The molecule has 0 radical (unpaired) electrons. The zero-order valence-electron chi connectivity index (χ0n) is 9.12. The van der Waals surface area contributed by atoms with Crippen molar-refractivity contribution in [1.29, 1.82) is 0 Å². The van der Waals surface area contributed by atoms with Gasteiger partial charge in [-0.1, -0.05) is 0 Å². The molecule has 1 heterocycles. The largest absolute Gasteiger partial charge is 0.389 e. The molecule has 8 heteroatoms. The molecule has 1 aliphatic rings. The molecule has 100 valence electrons. The summed E-state index contributed by atoms with van der Waals surface area (Å²) in [7, 11) is -3.89. The third kappa shape index (κ3) is 2.43. The summed E-state index contributed by atoms with van der Waals surface area (Å²) >= 11 is 2.94. The van der Waals surface area contributed by atoms with Crippen LogP contribution in [-0.2, 0) is 10.0 Å². The molecule has 0 spiro atoms. The van der Waals surface area contributed by atoms with E-state index >= 15 is 0 Å². The van der Waals surface area contributed by atoms with Crippen LogP contribution in [0.25, 0.3) is 0 Å². The van der Waals surface area contributed by atoms with Gasteiger partial charge < -0.3 is 10.2 Å². The highest BCUT2D eigenvalue weighted by atomic mass is 79.9. The average Bonchev–Trinajstić information content (AvgIpc) is 2.64. The summed E-state index contributed by atoms with van der Waals surface area (Å²) in [5, 5.41) is 18.7. The summed E-state index contributed by atoms with van der Waals surface area (Å²) < 4.78 is 38.6. The molecule has 0 saturated carbocycles. The number of halogens is 2. The Morgan fingerprint density at radius 1 is 1.28 bits per heavy atom. The van der Waals surface area contributed by atoms with E-state index in [2.05, 4.69) is 15.9 Å². The monoisotopic (exact) mass is 339 g/mol. The van der Waals surface area contributed by atoms with Crippen LogP contribution in [0.5, 0.6) is 0 Å². The number of rotatable bonds is 2. The molecule has 0 bridgehead atoms. The van der Waals surface area contributed by atoms with Gasteiger partial charge in [-0.2, -0.15) is 4.31 Å². The number of sulfonamides is 1. The minimum Gasteiger partial charge on any atom is -0.389 e. The first kappa shape index (κ1) is 13.9. The van der Waals surface area contributed by atoms with Gasteiger partial charge in [0.1, 0.15) is 5.82 Å². The highest BCUT2D eigenvalue weighted by Crippen LogP contribution is 2.24. The summed E-state index contributed by atoms with van der Waals surface area (Å²) in [5.74, 6) is -0.684. The van der Waals surface area contributed by atoms with Gasteiger partial charge in [0.05, 0.1) is 21.6 Å². The van der Waals surface area contributed by atoms with E-state index in [1.54, 1.807) is 0 Å². The number of aliphatic hydroxyl groups is 2. The van der Waals surface area contributed by atoms with Crippen LogP contribution in [-0.4, -0.2) is 48.2 Å². The fourth-order valence-electron chi connectivity index (χ4n) is 1.72. The van der Waals surface area contributed by atoms with Gasteiger partial charge in [-0.3, -0.25) is 0 Å². The first-order valence-corrected chi connectivity index (χ1v) is 7.37. The van der Waals surface area contributed by atoms with Crippen LogP contribution >= 0.6 is 15.9 Å². The van der Waals surface area contributed by atoms with E-state index in [9.17, 15) is 23.0 Å². The molecule has 2 N–H and O–H groups in total. The Balaban J connectivity index is 2.34. The first-order chi connectivity index (χ1) is 8.32. The van der Waals surface area contributed by atoms with Gasteiger partial charge in [-0.15, -0.1) is 0 Å². The summed E-state index contributed by atoms with van der Waals surface area (Å²) in [5.41, 5.74) is 0. The predicted molar refractivity (Wildman–Crippen MR) is 64.9 cm³/mol. The maximum Gasteiger partial charge on any atom is 0.243 e. The molecule has 2 unspecified atom stereocenters. The number of benzene rings is 1. The van der Waals surface area contributed by atoms with E-state index in [4.69, 9.17) is 0 Å². The number of hydrogen-bond acceptors (Lipinski definition) is 4. The van der Waals surface area contributed by atoms with E-state index in [1.165, 1.54) is 12.1 Å². The molecule has 18 heavy (non-hydrogen) atoms. The summed E-state index contributed by atoms with van der Waals surface area (Å²) in [6.45, 7) is -0.387. The van der Waals surface area contributed by atoms with Crippen molar-refractivity contribution >= 4 is 26.0 Å². The van der Waals surface area contributed by atoms with Crippen LogP contribution < -0.4 is 0 Å². The number of nitrogens with zero attached hydrogens (tertiary/aromatic N) is 1.